The first-order valence-corrected chi connectivity index (χ1v) is 10.3. The van der Waals surface area contributed by atoms with Gasteiger partial charge in [-0.25, -0.2) is 0 Å². The molecule has 1 aliphatic heterocycles. The summed E-state index contributed by atoms with van der Waals surface area (Å²) in [6, 6.07) is 18.8. The van der Waals surface area contributed by atoms with Gasteiger partial charge in [-0.1, -0.05) is 12.1 Å². The van der Waals surface area contributed by atoms with Gasteiger partial charge in [0.15, 0.2) is 0 Å². The highest BCUT2D eigenvalue weighted by Crippen LogP contribution is 2.36. The number of aryl methyl sites for hydroxylation is 1. The predicted octanol–water partition coefficient (Wildman–Crippen LogP) is 5.36. The SMILES string of the molecule is COc1ccc(-c2ccncc2)c(N2CCC(COc3cccc(C)c3)CC2)c1. The van der Waals surface area contributed by atoms with E-state index in [0.717, 1.165) is 44.0 Å². The maximum Gasteiger partial charge on any atom is 0.120 e. The van der Waals surface area contributed by atoms with E-state index in [1.807, 2.05) is 24.5 Å². The van der Waals surface area contributed by atoms with Gasteiger partial charge in [-0.3, -0.25) is 4.98 Å². The van der Waals surface area contributed by atoms with E-state index in [1.54, 1.807) is 7.11 Å². The Morgan fingerprint density at radius 1 is 0.966 bits per heavy atom. The first-order valence-electron chi connectivity index (χ1n) is 10.3. The Kier molecular flexibility index (Phi) is 5.99. The summed E-state index contributed by atoms with van der Waals surface area (Å²) in [5.74, 6) is 2.45. The van der Waals surface area contributed by atoms with Crippen LogP contribution in [0, 0.1) is 12.8 Å². The first kappa shape index (κ1) is 19.3. The lowest BCUT2D eigenvalue weighted by Crippen LogP contribution is -2.35. The number of nitrogens with zero attached hydrogens (tertiary/aromatic N) is 2. The second kappa shape index (κ2) is 8.99. The van der Waals surface area contributed by atoms with Gasteiger partial charge in [0.2, 0.25) is 0 Å². The van der Waals surface area contributed by atoms with Crippen molar-refractivity contribution in [1.29, 1.82) is 0 Å². The molecule has 4 nitrogen and oxygen atoms in total. The fourth-order valence-corrected chi connectivity index (χ4v) is 3.94. The molecule has 0 unspecified atom stereocenters. The summed E-state index contributed by atoms with van der Waals surface area (Å²) >= 11 is 0. The number of piperidine rings is 1. The molecule has 3 aromatic rings. The van der Waals surface area contributed by atoms with Crippen LogP contribution in [0.3, 0.4) is 0 Å². The van der Waals surface area contributed by atoms with Crippen molar-refractivity contribution in [2.45, 2.75) is 19.8 Å². The largest absolute Gasteiger partial charge is 0.497 e. The molecule has 0 spiro atoms. The highest BCUT2D eigenvalue weighted by molar-refractivity contribution is 5.79. The minimum absolute atomic E-state index is 0.585. The maximum absolute atomic E-state index is 6.05. The van der Waals surface area contributed by atoms with E-state index in [4.69, 9.17) is 9.47 Å². The topological polar surface area (TPSA) is 34.6 Å². The number of aromatic nitrogens is 1. The third-order valence-electron chi connectivity index (χ3n) is 5.63. The maximum atomic E-state index is 6.05. The van der Waals surface area contributed by atoms with Crippen LogP contribution in [0.2, 0.25) is 0 Å². The van der Waals surface area contributed by atoms with Crippen LogP contribution in [0.1, 0.15) is 18.4 Å². The van der Waals surface area contributed by atoms with Crippen molar-refractivity contribution in [3.05, 3.63) is 72.6 Å². The van der Waals surface area contributed by atoms with Gasteiger partial charge in [0.05, 0.1) is 13.7 Å². The second-order valence-corrected chi connectivity index (χ2v) is 7.68. The monoisotopic (exact) mass is 388 g/mol. The summed E-state index contributed by atoms with van der Waals surface area (Å²) in [6.07, 6.45) is 5.94. The third kappa shape index (κ3) is 4.70. The zero-order valence-electron chi connectivity index (χ0n) is 17.2. The second-order valence-electron chi connectivity index (χ2n) is 7.68. The Morgan fingerprint density at radius 2 is 1.76 bits per heavy atom. The lowest BCUT2D eigenvalue weighted by atomic mass is 9.95. The Labute approximate surface area is 173 Å². The summed E-state index contributed by atoms with van der Waals surface area (Å²) in [5, 5.41) is 0. The van der Waals surface area contributed by atoms with E-state index >= 15 is 0 Å². The number of ether oxygens (including phenoxy) is 2. The molecule has 1 aromatic heterocycles. The molecule has 0 aliphatic carbocycles. The fraction of sp³-hybridized carbons (Fsp3) is 0.320. The van der Waals surface area contributed by atoms with E-state index < -0.39 is 0 Å². The minimum Gasteiger partial charge on any atom is -0.497 e. The Hall–Kier alpha value is -3.01. The molecule has 2 aromatic carbocycles. The van der Waals surface area contributed by atoms with Gasteiger partial charge in [0.25, 0.3) is 0 Å². The molecule has 0 N–H and O–H groups in total. The molecule has 2 heterocycles. The molecule has 0 radical (unpaired) electrons. The highest BCUT2D eigenvalue weighted by atomic mass is 16.5. The van der Waals surface area contributed by atoms with Gasteiger partial charge in [0, 0.05) is 42.8 Å². The van der Waals surface area contributed by atoms with Gasteiger partial charge in [0.1, 0.15) is 11.5 Å². The molecule has 0 saturated carbocycles. The molecule has 29 heavy (non-hydrogen) atoms. The average Bonchev–Trinajstić information content (AvgIpc) is 2.78. The molecule has 0 bridgehead atoms. The zero-order chi connectivity index (χ0) is 20.1. The number of benzene rings is 2. The normalized spacial score (nSPS) is 14.6. The summed E-state index contributed by atoms with van der Waals surface area (Å²) < 4.78 is 11.5. The standard InChI is InChI=1S/C25H28N2O2/c1-19-4-3-5-23(16-19)29-18-20-10-14-27(15-11-20)25-17-22(28-2)6-7-24(25)21-8-12-26-13-9-21/h3-9,12-13,16-17,20H,10-11,14-15,18H2,1-2H3. The summed E-state index contributed by atoms with van der Waals surface area (Å²) in [5.41, 5.74) is 4.87. The number of hydrogen-bond acceptors (Lipinski definition) is 4. The lowest BCUT2D eigenvalue weighted by molar-refractivity contribution is 0.223. The molecule has 4 heteroatoms. The highest BCUT2D eigenvalue weighted by Gasteiger charge is 2.22. The number of rotatable bonds is 6. The number of pyridine rings is 1. The van der Waals surface area contributed by atoms with Crippen LogP contribution in [0.25, 0.3) is 11.1 Å². The van der Waals surface area contributed by atoms with E-state index in [2.05, 4.69) is 59.3 Å². The van der Waals surface area contributed by atoms with Crippen LogP contribution in [0.5, 0.6) is 11.5 Å². The molecular formula is C25H28N2O2. The van der Waals surface area contributed by atoms with Crippen LogP contribution in [-0.2, 0) is 0 Å². The molecular weight excluding hydrogens is 360 g/mol. The van der Waals surface area contributed by atoms with Crippen molar-refractivity contribution in [1.82, 2.24) is 4.98 Å². The van der Waals surface area contributed by atoms with Crippen molar-refractivity contribution in [2.75, 3.05) is 31.7 Å². The van der Waals surface area contributed by atoms with Gasteiger partial charge >= 0.3 is 0 Å². The van der Waals surface area contributed by atoms with Crippen molar-refractivity contribution in [3.8, 4) is 22.6 Å². The van der Waals surface area contributed by atoms with E-state index in [9.17, 15) is 0 Å². The number of methoxy groups -OCH3 is 1. The van der Waals surface area contributed by atoms with E-state index in [1.165, 1.54) is 22.4 Å². The Morgan fingerprint density at radius 3 is 2.48 bits per heavy atom. The summed E-state index contributed by atoms with van der Waals surface area (Å²) in [6.45, 7) is 4.92. The van der Waals surface area contributed by atoms with Crippen molar-refractivity contribution in [2.24, 2.45) is 5.92 Å². The zero-order valence-corrected chi connectivity index (χ0v) is 17.2. The molecule has 150 valence electrons. The van der Waals surface area contributed by atoms with Crippen LogP contribution in [0.15, 0.2) is 67.0 Å². The van der Waals surface area contributed by atoms with E-state index in [-0.39, 0.29) is 0 Å². The Bertz CT molecular complexity index is 935. The predicted molar refractivity (Wildman–Crippen MR) is 118 cm³/mol. The Balaban J connectivity index is 1.44. The molecule has 4 rings (SSSR count). The lowest BCUT2D eigenvalue weighted by Gasteiger charge is -2.35. The van der Waals surface area contributed by atoms with Crippen LogP contribution >= 0.6 is 0 Å². The van der Waals surface area contributed by atoms with Crippen molar-refractivity contribution in [3.63, 3.8) is 0 Å². The van der Waals surface area contributed by atoms with E-state index in [0.29, 0.717) is 5.92 Å². The van der Waals surface area contributed by atoms with Gasteiger partial charge in [-0.05, 0) is 73.2 Å². The molecule has 1 saturated heterocycles. The quantitative estimate of drug-likeness (QED) is 0.569. The molecule has 1 fully saturated rings. The van der Waals surface area contributed by atoms with Crippen molar-refractivity contribution < 1.29 is 9.47 Å². The average molecular weight is 389 g/mol. The minimum atomic E-state index is 0.585. The van der Waals surface area contributed by atoms with Crippen LogP contribution < -0.4 is 14.4 Å². The van der Waals surface area contributed by atoms with Crippen LogP contribution in [0.4, 0.5) is 5.69 Å². The van der Waals surface area contributed by atoms with Gasteiger partial charge in [-0.2, -0.15) is 0 Å². The molecule has 1 aliphatic rings. The van der Waals surface area contributed by atoms with Crippen LogP contribution in [-0.4, -0.2) is 31.8 Å². The van der Waals surface area contributed by atoms with Gasteiger partial charge in [-0.15, -0.1) is 0 Å². The third-order valence-corrected chi connectivity index (χ3v) is 5.63. The molecule has 0 atom stereocenters. The van der Waals surface area contributed by atoms with Crippen molar-refractivity contribution >= 4 is 5.69 Å². The molecule has 0 amide bonds. The summed E-state index contributed by atoms with van der Waals surface area (Å²) in [4.78, 5) is 6.63. The number of hydrogen-bond donors (Lipinski definition) is 0. The summed E-state index contributed by atoms with van der Waals surface area (Å²) in [7, 11) is 1.72. The van der Waals surface area contributed by atoms with Gasteiger partial charge < -0.3 is 14.4 Å². The fourth-order valence-electron chi connectivity index (χ4n) is 3.94. The first-order chi connectivity index (χ1) is 14.2. The smallest absolute Gasteiger partial charge is 0.120 e. The number of anilines is 1.